The lowest BCUT2D eigenvalue weighted by Crippen LogP contribution is -2.36. The Morgan fingerprint density at radius 1 is 1.14 bits per heavy atom. The molecule has 1 aliphatic rings. The predicted octanol–water partition coefficient (Wildman–Crippen LogP) is 3.89. The summed E-state index contributed by atoms with van der Waals surface area (Å²) in [7, 11) is 3.44. The zero-order valence-corrected chi connectivity index (χ0v) is 18.8. The molecule has 0 atom stereocenters. The average Bonchev–Trinajstić information content (AvgIpc) is 3.22. The first-order valence-electron chi connectivity index (χ1n) is 9.46. The minimum atomic E-state index is 0. The van der Waals surface area contributed by atoms with Gasteiger partial charge in [-0.15, -0.1) is 24.0 Å². The highest BCUT2D eigenvalue weighted by Gasteiger charge is 2.18. The van der Waals surface area contributed by atoms with Crippen LogP contribution in [-0.4, -0.2) is 31.2 Å². The topological polar surface area (TPSA) is 67.8 Å². The number of aromatic nitrogens is 1. The molecule has 6 nitrogen and oxygen atoms in total. The fraction of sp³-hybridized carbons (Fsp3) is 0.429. The number of hydrogen-bond donors (Lipinski definition) is 2. The van der Waals surface area contributed by atoms with Gasteiger partial charge in [0.2, 0.25) is 5.88 Å². The van der Waals surface area contributed by atoms with Gasteiger partial charge in [0.1, 0.15) is 11.9 Å². The Morgan fingerprint density at radius 3 is 2.68 bits per heavy atom. The van der Waals surface area contributed by atoms with Gasteiger partial charge in [0.25, 0.3) is 0 Å². The molecule has 0 saturated heterocycles. The Balaban J connectivity index is 0.00000280. The Kier molecular flexibility index (Phi) is 9.33. The van der Waals surface area contributed by atoms with Gasteiger partial charge in [0, 0.05) is 31.9 Å². The van der Waals surface area contributed by atoms with Crippen LogP contribution in [0.25, 0.3) is 0 Å². The lowest BCUT2D eigenvalue weighted by atomic mass is 10.2. The van der Waals surface area contributed by atoms with Gasteiger partial charge in [-0.1, -0.05) is 18.2 Å². The maximum Gasteiger partial charge on any atom is 0.218 e. The van der Waals surface area contributed by atoms with E-state index >= 15 is 0 Å². The molecule has 1 aromatic heterocycles. The Labute approximate surface area is 184 Å². The largest absolute Gasteiger partial charge is 0.497 e. The molecule has 28 heavy (non-hydrogen) atoms. The van der Waals surface area contributed by atoms with E-state index < -0.39 is 0 Å². The van der Waals surface area contributed by atoms with Crippen LogP contribution >= 0.6 is 24.0 Å². The second kappa shape index (κ2) is 11.7. The lowest BCUT2D eigenvalue weighted by Gasteiger charge is -2.17. The number of ether oxygens (including phenoxy) is 2. The summed E-state index contributed by atoms with van der Waals surface area (Å²) in [4.78, 5) is 8.72. The smallest absolute Gasteiger partial charge is 0.218 e. The Bertz CT molecular complexity index is 764. The van der Waals surface area contributed by atoms with Gasteiger partial charge in [0.15, 0.2) is 5.96 Å². The first kappa shape index (κ1) is 22.3. The third-order valence-electron chi connectivity index (χ3n) is 4.69. The number of nitrogens with one attached hydrogen (secondary N) is 2. The molecule has 0 bridgehead atoms. The minimum absolute atomic E-state index is 0. The highest BCUT2D eigenvalue weighted by molar-refractivity contribution is 14.0. The van der Waals surface area contributed by atoms with Crippen molar-refractivity contribution in [2.75, 3.05) is 14.2 Å². The fourth-order valence-corrected chi connectivity index (χ4v) is 3.20. The van der Waals surface area contributed by atoms with Crippen molar-refractivity contribution in [3.05, 3.63) is 53.7 Å². The molecule has 1 aromatic carbocycles. The molecule has 0 spiro atoms. The first-order chi connectivity index (χ1) is 13.3. The molecular weight excluding hydrogens is 467 g/mol. The van der Waals surface area contributed by atoms with Crippen molar-refractivity contribution in [1.82, 2.24) is 15.6 Å². The summed E-state index contributed by atoms with van der Waals surface area (Å²) >= 11 is 0. The van der Waals surface area contributed by atoms with Gasteiger partial charge in [0.05, 0.1) is 7.11 Å². The molecule has 1 saturated carbocycles. The van der Waals surface area contributed by atoms with Crippen molar-refractivity contribution in [2.45, 2.75) is 44.9 Å². The summed E-state index contributed by atoms with van der Waals surface area (Å²) < 4.78 is 11.4. The molecule has 0 aliphatic heterocycles. The molecule has 0 unspecified atom stereocenters. The van der Waals surface area contributed by atoms with E-state index in [1.807, 2.05) is 30.3 Å². The number of hydrogen-bond acceptors (Lipinski definition) is 4. The van der Waals surface area contributed by atoms with Crippen LogP contribution in [0.4, 0.5) is 0 Å². The number of benzene rings is 1. The molecule has 2 N–H and O–H groups in total. The standard InChI is InChI=1S/C21H28N4O2.HI/c1-22-21(24-14-16-7-5-11-19(13-16)26-2)25-15-17-8-6-12-23-20(17)27-18-9-3-4-10-18;/h5-8,11-13,18H,3-4,9-10,14-15H2,1-2H3,(H2,22,24,25);1H. The maximum atomic E-state index is 6.10. The van der Waals surface area contributed by atoms with E-state index in [1.165, 1.54) is 12.8 Å². The molecule has 3 rings (SSSR count). The molecular formula is C21H29IN4O2. The summed E-state index contributed by atoms with van der Waals surface area (Å²) in [6.07, 6.45) is 6.80. The van der Waals surface area contributed by atoms with E-state index in [2.05, 4.69) is 26.7 Å². The highest BCUT2D eigenvalue weighted by atomic mass is 127. The van der Waals surface area contributed by atoms with Crippen LogP contribution < -0.4 is 20.1 Å². The number of nitrogens with zero attached hydrogens (tertiary/aromatic N) is 2. The van der Waals surface area contributed by atoms with E-state index in [1.54, 1.807) is 20.4 Å². The Hall–Kier alpha value is -2.03. The zero-order chi connectivity index (χ0) is 18.9. The molecule has 152 valence electrons. The minimum Gasteiger partial charge on any atom is -0.497 e. The molecule has 1 heterocycles. The van der Waals surface area contributed by atoms with Crippen LogP contribution in [0.2, 0.25) is 0 Å². The van der Waals surface area contributed by atoms with Gasteiger partial charge in [-0.25, -0.2) is 4.98 Å². The summed E-state index contributed by atoms with van der Waals surface area (Å²) in [6, 6.07) is 12.0. The number of guanidine groups is 1. The van der Waals surface area contributed by atoms with Crippen LogP contribution in [0, 0.1) is 0 Å². The summed E-state index contributed by atoms with van der Waals surface area (Å²) in [5, 5.41) is 6.66. The lowest BCUT2D eigenvalue weighted by molar-refractivity contribution is 0.199. The third-order valence-corrected chi connectivity index (χ3v) is 4.69. The molecule has 2 aromatic rings. The van der Waals surface area contributed by atoms with Crippen molar-refractivity contribution in [2.24, 2.45) is 4.99 Å². The number of pyridine rings is 1. The normalized spacial score (nSPS) is 14.3. The van der Waals surface area contributed by atoms with Crippen LogP contribution in [0.1, 0.15) is 36.8 Å². The van der Waals surface area contributed by atoms with Crippen molar-refractivity contribution >= 4 is 29.9 Å². The number of methoxy groups -OCH3 is 1. The van der Waals surface area contributed by atoms with Crippen molar-refractivity contribution < 1.29 is 9.47 Å². The second-order valence-electron chi connectivity index (χ2n) is 6.62. The summed E-state index contributed by atoms with van der Waals surface area (Å²) in [5.74, 6) is 2.30. The molecule has 1 aliphatic carbocycles. The molecule has 0 radical (unpaired) electrons. The fourth-order valence-electron chi connectivity index (χ4n) is 3.20. The van der Waals surface area contributed by atoms with Crippen molar-refractivity contribution in [3.8, 4) is 11.6 Å². The van der Waals surface area contributed by atoms with Gasteiger partial charge < -0.3 is 20.1 Å². The molecule has 7 heteroatoms. The predicted molar refractivity (Wildman–Crippen MR) is 123 cm³/mol. The number of aliphatic imine (C=N–C) groups is 1. The molecule has 1 fully saturated rings. The molecule has 0 amide bonds. The summed E-state index contributed by atoms with van der Waals surface area (Å²) in [6.45, 7) is 1.27. The van der Waals surface area contributed by atoms with E-state index in [-0.39, 0.29) is 24.0 Å². The SMILES string of the molecule is CN=C(NCc1cccc(OC)c1)NCc1cccnc1OC1CCCC1.I. The van der Waals surface area contributed by atoms with E-state index in [9.17, 15) is 0 Å². The van der Waals surface area contributed by atoms with Crippen molar-refractivity contribution in [1.29, 1.82) is 0 Å². The Morgan fingerprint density at radius 2 is 1.93 bits per heavy atom. The average molecular weight is 496 g/mol. The quantitative estimate of drug-likeness (QED) is 0.346. The number of halogens is 1. The van der Waals surface area contributed by atoms with Crippen LogP contribution in [0.5, 0.6) is 11.6 Å². The van der Waals surface area contributed by atoms with Gasteiger partial charge in [-0.3, -0.25) is 4.99 Å². The van der Waals surface area contributed by atoms with Crippen LogP contribution in [-0.2, 0) is 13.1 Å². The van der Waals surface area contributed by atoms with E-state index in [0.717, 1.165) is 41.6 Å². The number of rotatable bonds is 7. The van der Waals surface area contributed by atoms with Crippen LogP contribution in [0.3, 0.4) is 0 Å². The van der Waals surface area contributed by atoms with E-state index in [0.29, 0.717) is 19.2 Å². The van der Waals surface area contributed by atoms with Gasteiger partial charge >= 0.3 is 0 Å². The van der Waals surface area contributed by atoms with Crippen LogP contribution in [0.15, 0.2) is 47.6 Å². The zero-order valence-electron chi connectivity index (χ0n) is 16.5. The monoisotopic (exact) mass is 496 g/mol. The highest BCUT2D eigenvalue weighted by Crippen LogP contribution is 2.24. The second-order valence-corrected chi connectivity index (χ2v) is 6.62. The third kappa shape index (κ3) is 6.54. The van der Waals surface area contributed by atoms with Gasteiger partial charge in [-0.05, 0) is 49.4 Å². The van der Waals surface area contributed by atoms with E-state index in [4.69, 9.17) is 9.47 Å². The first-order valence-corrected chi connectivity index (χ1v) is 9.46. The maximum absolute atomic E-state index is 6.10. The van der Waals surface area contributed by atoms with Crippen molar-refractivity contribution in [3.63, 3.8) is 0 Å². The van der Waals surface area contributed by atoms with Gasteiger partial charge in [-0.2, -0.15) is 0 Å². The summed E-state index contributed by atoms with van der Waals surface area (Å²) in [5.41, 5.74) is 2.16.